The summed E-state index contributed by atoms with van der Waals surface area (Å²) in [5, 5.41) is 5.01. The van der Waals surface area contributed by atoms with Gasteiger partial charge in [0.25, 0.3) is 0 Å². The van der Waals surface area contributed by atoms with Gasteiger partial charge in [-0.3, -0.25) is 14.5 Å². The second kappa shape index (κ2) is 7.58. The number of hydrogen-bond donors (Lipinski definition) is 3. The second-order valence-electron chi connectivity index (χ2n) is 4.81. The Balaban J connectivity index is 2.61. The number of benzene rings is 1. The Morgan fingerprint density at radius 1 is 1.43 bits per heavy atom. The summed E-state index contributed by atoms with van der Waals surface area (Å²) in [4.78, 5) is 25.0. The number of hydrogen-bond acceptors (Lipinski definition) is 4. The van der Waals surface area contributed by atoms with Gasteiger partial charge < -0.3 is 16.4 Å². The Kier molecular flexibility index (Phi) is 6.10. The number of nitrogens with two attached hydrogens (primary N) is 1. The average molecular weight is 296 g/mol. The first-order valence-corrected chi connectivity index (χ1v) is 6.62. The summed E-state index contributed by atoms with van der Waals surface area (Å²) in [6.07, 6.45) is 0.289. The zero-order valence-electron chi connectivity index (χ0n) is 12.4. The van der Waals surface area contributed by atoms with Crippen molar-refractivity contribution in [1.82, 2.24) is 10.2 Å². The molecule has 0 radical (unpaired) electrons. The van der Waals surface area contributed by atoms with Crippen LogP contribution in [0, 0.1) is 5.82 Å². The maximum absolute atomic E-state index is 13.6. The standard InChI is InChI=1S/C14H21FN4O2/c1-9(19(3)7-6-13(20)17-2)14(21)18-12-8-10(16)4-5-11(12)15/h4-5,8-9H,6-7,16H2,1-3H3,(H,17,20)(H,18,21). The van der Waals surface area contributed by atoms with E-state index in [-0.39, 0.29) is 23.9 Å². The van der Waals surface area contributed by atoms with E-state index in [9.17, 15) is 14.0 Å². The van der Waals surface area contributed by atoms with E-state index >= 15 is 0 Å². The van der Waals surface area contributed by atoms with Crippen LogP contribution in [-0.4, -0.2) is 43.4 Å². The van der Waals surface area contributed by atoms with Gasteiger partial charge in [0.1, 0.15) is 5.82 Å². The summed E-state index contributed by atoms with van der Waals surface area (Å²) in [6.45, 7) is 2.11. The lowest BCUT2D eigenvalue weighted by Crippen LogP contribution is -2.41. The van der Waals surface area contributed by atoms with E-state index in [2.05, 4.69) is 10.6 Å². The largest absolute Gasteiger partial charge is 0.399 e. The van der Waals surface area contributed by atoms with Crippen LogP contribution in [-0.2, 0) is 9.59 Å². The van der Waals surface area contributed by atoms with Crippen LogP contribution in [0.1, 0.15) is 13.3 Å². The molecule has 1 aromatic carbocycles. The third kappa shape index (κ3) is 5.03. The number of halogens is 1. The lowest BCUT2D eigenvalue weighted by atomic mass is 10.2. The number of carbonyl (C=O) groups is 2. The number of rotatable bonds is 6. The molecular weight excluding hydrogens is 275 g/mol. The number of carbonyl (C=O) groups excluding carboxylic acids is 2. The fourth-order valence-corrected chi connectivity index (χ4v) is 1.67. The molecule has 0 aromatic heterocycles. The van der Waals surface area contributed by atoms with Crippen LogP contribution in [0.2, 0.25) is 0 Å². The summed E-state index contributed by atoms with van der Waals surface area (Å²) in [5.74, 6) is -1.01. The van der Waals surface area contributed by atoms with Gasteiger partial charge in [-0.2, -0.15) is 0 Å². The molecule has 0 spiro atoms. The van der Waals surface area contributed by atoms with Gasteiger partial charge in [-0.25, -0.2) is 4.39 Å². The van der Waals surface area contributed by atoms with Gasteiger partial charge in [-0.1, -0.05) is 0 Å². The highest BCUT2D eigenvalue weighted by atomic mass is 19.1. The van der Waals surface area contributed by atoms with Crippen LogP contribution in [0.4, 0.5) is 15.8 Å². The van der Waals surface area contributed by atoms with Crippen LogP contribution >= 0.6 is 0 Å². The van der Waals surface area contributed by atoms with Crippen LogP contribution < -0.4 is 16.4 Å². The van der Waals surface area contributed by atoms with Gasteiger partial charge >= 0.3 is 0 Å². The monoisotopic (exact) mass is 296 g/mol. The van der Waals surface area contributed by atoms with Crippen molar-refractivity contribution in [3.8, 4) is 0 Å². The molecule has 0 saturated heterocycles. The summed E-state index contributed by atoms with van der Waals surface area (Å²) in [6, 6.07) is 3.48. The quantitative estimate of drug-likeness (QED) is 0.678. The molecular formula is C14H21FN4O2. The smallest absolute Gasteiger partial charge is 0.241 e. The Labute approximate surface area is 123 Å². The van der Waals surface area contributed by atoms with Gasteiger partial charge in [0.15, 0.2) is 0 Å². The number of amides is 2. The molecule has 1 atom stereocenters. The highest BCUT2D eigenvalue weighted by Crippen LogP contribution is 2.18. The molecule has 4 N–H and O–H groups in total. The Bertz CT molecular complexity index is 522. The lowest BCUT2D eigenvalue weighted by Gasteiger charge is -2.23. The Morgan fingerprint density at radius 2 is 2.10 bits per heavy atom. The normalized spacial score (nSPS) is 12.0. The SMILES string of the molecule is CNC(=O)CCN(C)C(C)C(=O)Nc1cc(N)ccc1F. The topological polar surface area (TPSA) is 87.5 Å². The van der Waals surface area contributed by atoms with Crippen molar-refractivity contribution in [1.29, 1.82) is 0 Å². The van der Waals surface area contributed by atoms with Gasteiger partial charge in [-0.05, 0) is 32.2 Å². The van der Waals surface area contributed by atoms with Gasteiger partial charge in [-0.15, -0.1) is 0 Å². The third-order valence-corrected chi connectivity index (χ3v) is 3.26. The molecule has 0 aliphatic heterocycles. The molecule has 1 aromatic rings. The number of nitrogens with one attached hydrogen (secondary N) is 2. The maximum atomic E-state index is 13.6. The highest BCUT2D eigenvalue weighted by Gasteiger charge is 2.19. The first kappa shape index (κ1) is 16.9. The van der Waals surface area contributed by atoms with Crippen molar-refractivity contribution in [2.75, 3.05) is 31.7 Å². The molecule has 1 unspecified atom stereocenters. The molecule has 0 saturated carbocycles. The third-order valence-electron chi connectivity index (χ3n) is 3.26. The van der Waals surface area contributed by atoms with E-state index in [1.165, 1.54) is 18.2 Å². The summed E-state index contributed by atoms with van der Waals surface area (Å²) in [5.41, 5.74) is 5.98. The fraction of sp³-hybridized carbons (Fsp3) is 0.429. The fourth-order valence-electron chi connectivity index (χ4n) is 1.67. The second-order valence-corrected chi connectivity index (χ2v) is 4.81. The molecule has 2 amide bonds. The van der Waals surface area contributed by atoms with Crippen LogP contribution in [0.25, 0.3) is 0 Å². The molecule has 7 heteroatoms. The molecule has 21 heavy (non-hydrogen) atoms. The Hall–Kier alpha value is -2.15. The van der Waals surface area contributed by atoms with Crippen molar-refractivity contribution >= 4 is 23.2 Å². The minimum Gasteiger partial charge on any atom is -0.399 e. The van der Waals surface area contributed by atoms with E-state index in [1.54, 1.807) is 25.9 Å². The van der Waals surface area contributed by atoms with Crippen LogP contribution in [0.5, 0.6) is 0 Å². The molecule has 0 aliphatic carbocycles. The summed E-state index contributed by atoms with van der Waals surface area (Å²) < 4.78 is 13.6. The van der Waals surface area contributed by atoms with Crippen molar-refractivity contribution in [2.24, 2.45) is 0 Å². The van der Waals surface area contributed by atoms with E-state index in [1.807, 2.05) is 0 Å². The zero-order chi connectivity index (χ0) is 16.0. The number of likely N-dealkylation sites (N-methyl/N-ethyl adjacent to an activating group) is 1. The average Bonchev–Trinajstić information content (AvgIpc) is 2.47. The summed E-state index contributed by atoms with van der Waals surface area (Å²) >= 11 is 0. The van der Waals surface area contributed by atoms with Gasteiger partial charge in [0.05, 0.1) is 11.7 Å². The molecule has 116 valence electrons. The first-order valence-electron chi connectivity index (χ1n) is 6.62. The maximum Gasteiger partial charge on any atom is 0.241 e. The van der Waals surface area contributed by atoms with Crippen molar-refractivity contribution < 1.29 is 14.0 Å². The molecule has 0 aliphatic rings. The van der Waals surface area contributed by atoms with Crippen molar-refractivity contribution in [3.63, 3.8) is 0 Å². The van der Waals surface area contributed by atoms with E-state index in [4.69, 9.17) is 5.73 Å². The van der Waals surface area contributed by atoms with Crippen LogP contribution in [0.3, 0.4) is 0 Å². The predicted molar refractivity (Wildman–Crippen MR) is 80.2 cm³/mol. The molecule has 1 rings (SSSR count). The summed E-state index contributed by atoms with van der Waals surface area (Å²) in [7, 11) is 3.28. The molecule has 0 fully saturated rings. The molecule has 6 nitrogen and oxygen atoms in total. The highest BCUT2D eigenvalue weighted by molar-refractivity contribution is 5.95. The molecule has 0 heterocycles. The number of nitrogens with zero attached hydrogens (tertiary/aromatic N) is 1. The number of nitrogen functional groups attached to an aromatic ring is 1. The van der Waals surface area contributed by atoms with E-state index < -0.39 is 11.9 Å². The number of anilines is 2. The minimum absolute atomic E-state index is 0.0477. The minimum atomic E-state index is -0.544. The van der Waals surface area contributed by atoms with E-state index in [0.717, 1.165) is 0 Å². The Morgan fingerprint density at radius 3 is 2.71 bits per heavy atom. The van der Waals surface area contributed by atoms with Gasteiger partial charge in [0, 0.05) is 25.7 Å². The van der Waals surface area contributed by atoms with Gasteiger partial charge in [0.2, 0.25) is 11.8 Å². The zero-order valence-corrected chi connectivity index (χ0v) is 12.4. The van der Waals surface area contributed by atoms with E-state index in [0.29, 0.717) is 12.2 Å². The van der Waals surface area contributed by atoms with Crippen molar-refractivity contribution in [3.05, 3.63) is 24.0 Å². The van der Waals surface area contributed by atoms with Crippen molar-refractivity contribution in [2.45, 2.75) is 19.4 Å². The lowest BCUT2D eigenvalue weighted by molar-refractivity contribution is -0.123. The predicted octanol–water partition coefficient (Wildman–Crippen LogP) is 0.803. The molecule has 0 bridgehead atoms. The first-order chi connectivity index (χ1) is 9.85. The van der Waals surface area contributed by atoms with Crippen LogP contribution in [0.15, 0.2) is 18.2 Å².